The molecule has 0 unspecified atom stereocenters. The van der Waals surface area contributed by atoms with Crippen molar-refractivity contribution >= 4 is 12.2 Å². The fourth-order valence-electron chi connectivity index (χ4n) is 2.46. The van der Waals surface area contributed by atoms with E-state index in [4.69, 9.17) is 4.74 Å². The highest BCUT2D eigenvalue weighted by Gasteiger charge is 2.33. The second kappa shape index (κ2) is 8.73. The first-order chi connectivity index (χ1) is 14.3. The molecule has 1 N–H and O–H groups in total. The van der Waals surface area contributed by atoms with Crippen molar-refractivity contribution in [1.29, 1.82) is 0 Å². The lowest BCUT2D eigenvalue weighted by molar-refractivity contribution is -0.137. The second-order valence-electron chi connectivity index (χ2n) is 6.17. The van der Waals surface area contributed by atoms with Crippen molar-refractivity contribution < 1.29 is 31.9 Å². The van der Waals surface area contributed by atoms with Gasteiger partial charge in [0.05, 0.1) is 5.56 Å². The Kier molecular flexibility index (Phi) is 6.10. The lowest BCUT2D eigenvalue weighted by atomic mass is 10.1. The van der Waals surface area contributed by atoms with Crippen LogP contribution in [0.5, 0.6) is 11.6 Å². The van der Waals surface area contributed by atoms with Gasteiger partial charge in [0.25, 0.3) is 5.91 Å². The Hall–Kier alpha value is -3.75. The second-order valence-corrected chi connectivity index (χ2v) is 6.17. The molecular formula is C21H14F4N2O3. The van der Waals surface area contributed by atoms with Crippen molar-refractivity contribution in [2.75, 3.05) is 0 Å². The van der Waals surface area contributed by atoms with Crippen molar-refractivity contribution in [3.63, 3.8) is 0 Å². The molecule has 154 valence electrons. The Morgan fingerprint density at radius 1 is 1.07 bits per heavy atom. The molecule has 1 heterocycles. The minimum absolute atomic E-state index is 0.00417. The highest BCUT2D eigenvalue weighted by molar-refractivity contribution is 5.96. The van der Waals surface area contributed by atoms with Crippen LogP contribution in [-0.2, 0) is 12.7 Å². The molecule has 0 spiro atoms. The largest absolute Gasteiger partial charge is 0.438 e. The van der Waals surface area contributed by atoms with Crippen LogP contribution in [0.1, 0.15) is 31.8 Å². The van der Waals surface area contributed by atoms with E-state index < -0.39 is 29.0 Å². The number of aldehydes is 1. The predicted molar refractivity (Wildman–Crippen MR) is 98.7 cm³/mol. The van der Waals surface area contributed by atoms with Crippen LogP contribution < -0.4 is 10.1 Å². The van der Waals surface area contributed by atoms with Crippen LogP contribution in [0.4, 0.5) is 17.6 Å². The molecule has 0 aliphatic heterocycles. The van der Waals surface area contributed by atoms with Crippen LogP contribution in [0, 0.1) is 5.82 Å². The summed E-state index contributed by atoms with van der Waals surface area (Å²) in [5, 5.41) is 2.49. The summed E-state index contributed by atoms with van der Waals surface area (Å²) in [5.41, 5.74) is -0.467. The van der Waals surface area contributed by atoms with Crippen molar-refractivity contribution in [3.05, 3.63) is 88.9 Å². The number of hydrogen-bond acceptors (Lipinski definition) is 4. The lowest BCUT2D eigenvalue weighted by Crippen LogP contribution is -2.24. The van der Waals surface area contributed by atoms with E-state index in [9.17, 15) is 27.2 Å². The van der Waals surface area contributed by atoms with Crippen LogP contribution in [0.15, 0.2) is 60.8 Å². The van der Waals surface area contributed by atoms with Gasteiger partial charge in [0.2, 0.25) is 5.88 Å². The fourth-order valence-corrected chi connectivity index (χ4v) is 2.46. The number of hydrogen-bond donors (Lipinski definition) is 1. The van der Waals surface area contributed by atoms with E-state index >= 15 is 0 Å². The summed E-state index contributed by atoms with van der Waals surface area (Å²) in [6.45, 7) is 0.00417. The first kappa shape index (κ1) is 21.0. The standard InChI is InChI=1S/C21H14F4N2O3/c22-16-5-7-17(8-6-16)30-20-18(9-15(11-27-20)21(23,24)25)19(29)26-10-13-1-3-14(12-28)4-2-13/h1-9,11-12H,10H2,(H,26,29). The molecule has 2 aromatic carbocycles. The van der Waals surface area contributed by atoms with Gasteiger partial charge in [0, 0.05) is 18.3 Å². The summed E-state index contributed by atoms with van der Waals surface area (Å²) in [5.74, 6) is -1.63. The Morgan fingerprint density at radius 2 is 1.73 bits per heavy atom. The van der Waals surface area contributed by atoms with Crippen LogP contribution in [0.2, 0.25) is 0 Å². The van der Waals surface area contributed by atoms with Crippen LogP contribution >= 0.6 is 0 Å². The van der Waals surface area contributed by atoms with Crippen molar-refractivity contribution in [2.24, 2.45) is 0 Å². The molecule has 0 saturated carbocycles. The van der Waals surface area contributed by atoms with E-state index in [1.807, 2.05) is 0 Å². The molecule has 0 aliphatic carbocycles. The third-order valence-electron chi connectivity index (χ3n) is 4.02. The third kappa shape index (κ3) is 5.19. The van der Waals surface area contributed by atoms with Gasteiger partial charge in [-0.2, -0.15) is 13.2 Å². The van der Waals surface area contributed by atoms with Crippen LogP contribution in [0.3, 0.4) is 0 Å². The Balaban J connectivity index is 1.85. The number of carbonyl (C=O) groups excluding carboxylic acids is 2. The molecule has 9 heteroatoms. The summed E-state index contributed by atoms with van der Waals surface area (Å²) in [4.78, 5) is 26.9. The molecule has 0 aliphatic rings. The molecule has 1 amide bonds. The maximum absolute atomic E-state index is 13.1. The number of nitrogens with one attached hydrogen (secondary N) is 1. The van der Waals surface area contributed by atoms with Gasteiger partial charge >= 0.3 is 6.18 Å². The lowest BCUT2D eigenvalue weighted by Gasteiger charge is -2.13. The number of amides is 1. The predicted octanol–water partition coefficient (Wildman–Crippen LogP) is 4.77. The van der Waals surface area contributed by atoms with Crippen molar-refractivity contribution in [3.8, 4) is 11.6 Å². The number of rotatable bonds is 6. The minimum Gasteiger partial charge on any atom is -0.438 e. The fraction of sp³-hybridized carbons (Fsp3) is 0.0952. The zero-order chi connectivity index (χ0) is 21.7. The van der Waals surface area contributed by atoms with E-state index in [1.54, 1.807) is 24.3 Å². The van der Waals surface area contributed by atoms with Crippen molar-refractivity contribution in [1.82, 2.24) is 10.3 Å². The average Bonchev–Trinajstić information content (AvgIpc) is 2.73. The van der Waals surface area contributed by atoms with Gasteiger partial charge in [-0.3, -0.25) is 9.59 Å². The van der Waals surface area contributed by atoms with E-state index in [0.717, 1.165) is 12.1 Å². The zero-order valence-electron chi connectivity index (χ0n) is 15.2. The molecule has 3 aromatic rings. The third-order valence-corrected chi connectivity index (χ3v) is 4.02. The molecule has 30 heavy (non-hydrogen) atoms. The van der Waals surface area contributed by atoms with Gasteiger partial charge in [-0.15, -0.1) is 0 Å². The zero-order valence-corrected chi connectivity index (χ0v) is 15.2. The normalized spacial score (nSPS) is 11.1. The summed E-state index contributed by atoms with van der Waals surface area (Å²) < 4.78 is 57.7. The first-order valence-electron chi connectivity index (χ1n) is 8.59. The Morgan fingerprint density at radius 3 is 2.33 bits per heavy atom. The van der Waals surface area contributed by atoms with E-state index in [0.29, 0.717) is 29.7 Å². The highest BCUT2D eigenvalue weighted by Crippen LogP contribution is 2.32. The SMILES string of the molecule is O=Cc1ccc(CNC(=O)c2cc(C(F)(F)F)cnc2Oc2ccc(F)cc2)cc1. The quantitative estimate of drug-likeness (QED) is 0.462. The smallest absolute Gasteiger partial charge is 0.417 e. The molecule has 3 rings (SSSR count). The average molecular weight is 418 g/mol. The molecule has 0 fully saturated rings. The van der Waals surface area contributed by atoms with Gasteiger partial charge < -0.3 is 10.1 Å². The van der Waals surface area contributed by atoms with Gasteiger partial charge in [-0.05, 0) is 35.9 Å². The van der Waals surface area contributed by atoms with Gasteiger partial charge in [-0.1, -0.05) is 24.3 Å². The molecule has 0 radical (unpaired) electrons. The summed E-state index contributed by atoms with van der Waals surface area (Å²) in [6, 6.07) is 11.6. The van der Waals surface area contributed by atoms with Gasteiger partial charge in [0.15, 0.2) is 0 Å². The van der Waals surface area contributed by atoms with Gasteiger partial charge in [-0.25, -0.2) is 9.37 Å². The molecule has 0 atom stereocenters. The number of aromatic nitrogens is 1. The maximum atomic E-state index is 13.1. The van der Waals surface area contributed by atoms with E-state index in [1.165, 1.54) is 12.1 Å². The molecular weight excluding hydrogens is 404 g/mol. The highest BCUT2D eigenvalue weighted by atomic mass is 19.4. The van der Waals surface area contributed by atoms with Crippen LogP contribution in [-0.4, -0.2) is 17.2 Å². The number of halogens is 4. The topological polar surface area (TPSA) is 68.3 Å². The number of alkyl halides is 3. The maximum Gasteiger partial charge on any atom is 0.417 e. The molecule has 0 saturated heterocycles. The Bertz CT molecular complexity index is 1050. The molecule has 0 bridgehead atoms. The molecule has 1 aromatic heterocycles. The monoisotopic (exact) mass is 418 g/mol. The number of benzene rings is 2. The minimum atomic E-state index is -4.71. The summed E-state index contributed by atoms with van der Waals surface area (Å²) in [6.07, 6.45) is -3.50. The molecule has 5 nitrogen and oxygen atoms in total. The van der Waals surface area contributed by atoms with Crippen molar-refractivity contribution in [2.45, 2.75) is 12.7 Å². The van der Waals surface area contributed by atoms with Crippen LogP contribution in [0.25, 0.3) is 0 Å². The van der Waals surface area contributed by atoms with Gasteiger partial charge in [0.1, 0.15) is 23.4 Å². The number of nitrogens with zero attached hydrogens (tertiary/aromatic N) is 1. The number of ether oxygens (including phenoxy) is 1. The Labute approximate surface area is 168 Å². The summed E-state index contributed by atoms with van der Waals surface area (Å²) >= 11 is 0. The van der Waals surface area contributed by atoms with E-state index in [-0.39, 0.29) is 18.2 Å². The summed E-state index contributed by atoms with van der Waals surface area (Å²) in [7, 11) is 0. The number of carbonyl (C=O) groups is 2. The first-order valence-corrected chi connectivity index (χ1v) is 8.59. The van der Waals surface area contributed by atoms with E-state index in [2.05, 4.69) is 10.3 Å². The number of pyridine rings is 1.